The average Bonchev–Trinajstić information content (AvgIpc) is 2.59. The summed E-state index contributed by atoms with van der Waals surface area (Å²) in [7, 11) is 3.25. The Morgan fingerprint density at radius 3 is 2.88 bits per heavy atom. The minimum Gasteiger partial charge on any atom is -0.481 e. The fourth-order valence-corrected chi connectivity index (χ4v) is 1.44. The van der Waals surface area contributed by atoms with Gasteiger partial charge in [0.25, 0.3) is 0 Å². The number of anilines is 1. The largest absolute Gasteiger partial charge is 0.481 e. The van der Waals surface area contributed by atoms with E-state index in [1.807, 2.05) is 0 Å². The van der Waals surface area contributed by atoms with Gasteiger partial charge in [0.2, 0.25) is 5.82 Å². The van der Waals surface area contributed by atoms with Crippen LogP contribution in [0.25, 0.3) is 0 Å². The third kappa shape index (κ3) is 3.44. The summed E-state index contributed by atoms with van der Waals surface area (Å²) in [4.78, 5) is 22.2. The molecule has 0 bridgehead atoms. The molecule has 0 aromatic carbocycles. The summed E-state index contributed by atoms with van der Waals surface area (Å²) in [6.45, 7) is 0.407. The zero-order valence-electron chi connectivity index (χ0n) is 9.66. The molecule has 1 aromatic rings. The Bertz CT molecular complexity index is 429. The first-order valence-electron chi connectivity index (χ1n) is 5.02. The molecule has 0 aliphatic carbocycles. The predicted octanol–water partition coefficient (Wildman–Crippen LogP) is 0.629. The molecule has 0 atom stereocenters. The number of hydrogen-bond donors (Lipinski definition) is 1. The zero-order chi connectivity index (χ0) is 13.0. The zero-order valence-corrected chi connectivity index (χ0v) is 9.66. The number of carbonyl (C=O) groups is 1. The maximum absolute atomic E-state index is 10.8. The lowest BCUT2D eigenvalue weighted by atomic mass is 10.3. The minimum absolute atomic E-state index is 0.0327. The standard InChI is InChI=1S/C9H14N4O4/c1-11(5-3-4-8(14)15)9-7(13(16)17)6-12(2)10-9/h6H,3-5H2,1-2H3,(H,14,15). The molecule has 17 heavy (non-hydrogen) atoms. The van der Waals surface area contributed by atoms with Crippen molar-refractivity contribution < 1.29 is 14.8 Å². The number of rotatable bonds is 6. The SMILES string of the molecule is CN(CCCC(=O)O)c1nn(C)cc1[N+](=O)[O-]. The Balaban J connectivity index is 2.71. The smallest absolute Gasteiger partial charge is 0.330 e. The van der Waals surface area contributed by atoms with Gasteiger partial charge in [0.05, 0.1) is 4.92 Å². The van der Waals surface area contributed by atoms with Crippen molar-refractivity contribution in [3.05, 3.63) is 16.3 Å². The van der Waals surface area contributed by atoms with E-state index in [9.17, 15) is 14.9 Å². The Kier molecular flexibility index (Phi) is 4.02. The molecule has 0 aliphatic rings. The number of hydrogen-bond acceptors (Lipinski definition) is 5. The van der Waals surface area contributed by atoms with E-state index < -0.39 is 10.9 Å². The van der Waals surface area contributed by atoms with Gasteiger partial charge in [0.15, 0.2) is 0 Å². The number of nitro groups is 1. The van der Waals surface area contributed by atoms with Gasteiger partial charge < -0.3 is 10.0 Å². The number of carboxylic acids is 1. The molecule has 1 aromatic heterocycles. The van der Waals surface area contributed by atoms with Crippen LogP contribution in [0, 0.1) is 10.1 Å². The summed E-state index contributed by atoms with van der Waals surface area (Å²) >= 11 is 0. The topological polar surface area (TPSA) is 102 Å². The number of aliphatic carboxylic acids is 1. The van der Waals surface area contributed by atoms with Crippen molar-refractivity contribution in [2.75, 3.05) is 18.5 Å². The number of aromatic nitrogens is 2. The molecule has 0 fully saturated rings. The third-order valence-corrected chi connectivity index (χ3v) is 2.23. The summed E-state index contributed by atoms with van der Waals surface area (Å²) in [5.41, 5.74) is -0.0784. The second-order valence-electron chi connectivity index (χ2n) is 3.69. The van der Waals surface area contributed by atoms with E-state index in [-0.39, 0.29) is 17.9 Å². The average molecular weight is 242 g/mol. The quantitative estimate of drug-likeness (QED) is 0.579. The predicted molar refractivity (Wildman–Crippen MR) is 60.0 cm³/mol. The van der Waals surface area contributed by atoms with Crippen LogP contribution >= 0.6 is 0 Å². The van der Waals surface area contributed by atoms with Crippen molar-refractivity contribution in [3.8, 4) is 0 Å². The van der Waals surface area contributed by atoms with E-state index in [2.05, 4.69) is 5.10 Å². The molecule has 1 N–H and O–H groups in total. The first-order chi connectivity index (χ1) is 7.91. The fourth-order valence-electron chi connectivity index (χ4n) is 1.44. The lowest BCUT2D eigenvalue weighted by Gasteiger charge is -2.14. The summed E-state index contributed by atoms with van der Waals surface area (Å²) < 4.78 is 1.36. The van der Waals surface area contributed by atoms with Crippen LogP contribution in [-0.4, -0.2) is 39.4 Å². The molecule has 0 saturated carbocycles. The molecule has 8 heteroatoms. The minimum atomic E-state index is -0.881. The van der Waals surface area contributed by atoms with Crippen LogP contribution in [0.5, 0.6) is 0 Å². The molecule has 0 saturated heterocycles. The highest BCUT2D eigenvalue weighted by atomic mass is 16.6. The second kappa shape index (κ2) is 5.28. The van der Waals surface area contributed by atoms with Gasteiger partial charge in [0.1, 0.15) is 6.20 Å². The lowest BCUT2D eigenvalue weighted by molar-refractivity contribution is -0.384. The number of carboxylic acid groups (broad SMARTS) is 1. The Labute approximate surface area is 97.6 Å². The van der Waals surface area contributed by atoms with Crippen molar-refractivity contribution in [2.24, 2.45) is 7.05 Å². The molecule has 0 unspecified atom stereocenters. The highest BCUT2D eigenvalue weighted by Gasteiger charge is 2.21. The summed E-state index contributed by atoms with van der Waals surface area (Å²) in [5, 5.41) is 23.2. The van der Waals surface area contributed by atoms with Crippen LogP contribution in [0.2, 0.25) is 0 Å². The van der Waals surface area contributed by atoms with Crippen molar-refractivity contribution in [1.29, 1.82) is 0 Å². The van der Waals surface area contributed by atoms with E-state index in [0.29, 0.717) is 13.0 Å². The van der Waals surface area contributed by atoms with Gasteiger partial charge in [-0.3, -0.25) is 19.6 Å². The van der Waals surface area contributed by atoms with Crippen molar-refractivity contribution >= 4 is 17.5 Å². The van der Waals surface area contributed by atoms with Crippen LogP contribution in [-0.2, 0) is 11.8 Å². The van der Waals surface area contributed by atoms with E-state index in [4.69, 9.17) is 5.11 Å². The molecular formula is C9H14N4O4. The fraction of sp³-hybridized carbons (Fsp3) is 0.556. The van der Waals surface area contributed by atoms with Gasteiger partial charge >= 0.3 is 11.7 Å². The molecule has 1 heterocycles. The molecule has 1 rings (SSSR count). The van der Waals surface area contributed by atoms with Crippen LogP contribution in [0.3, 0.4) is 0 Å². The van der Waals surface area contributed by atoms with Crippen molar-refractivity contribution in [2.45, 2.75) is 12.8 Å². The molecule has 0 radical (unpaired) electrons. The van der Waals surface area contributed by atoms with E-state index in [0.717, 1.165) is 0 Å². The van der Waals surface area contributed by atoms with Crippen LogP contribution in [0.15, 0.2) is 6.20 Å². The lowest BCUT2D eigenvalue weighted by Crippen LogP contribution is -2.20. The third-order valence-electron chi connectivity index (χ3n) is 2.23. The maximum atomic E-state index is 10.8. The summed E-state index contributed by atoms with van der Waals surface area (Å²) in [6, 6.07) is 0. The van der Waals surface area contributed by atoms with Crippen molar-refractivity contribution in [3.63, 3.8) is 0 Å². The van der Waals surface area contributed by atoms with E-state index >= 15 is 0 Å². The van der Waals surface area contributed by atoms with Gasteiger partial charge in [-0.25, -0.2) is 0 Å². The van der Waals surface area contributed by atoms with Crippen molar-refractivity contribution in [1.82, 2.24) is 9.78 Å². The molecule has 0 amide bonds. The van der Waals surface area contributed by atoms with Gasteiger partial charge in [-0.2, -0.15) is 0 Å². The van der Waals surface area contributed by atoms with Crippen LogP contribution in [0.1, 0.15) is 12.8 Å². The van der Waals surface area contributed by atoms with Gasteiger partial charge in [-0.1, -0.05) is 0 Å². The molecule has 0 aliphatic heterocycles. The van der Waals surface area contributed by atoms with Crippen LogP contribution < -0.4 is 4.90 Å². The van der Waals surface area contributed by atoms with E-state index in [1.165, 1.54) is 10.9 Å². The van der Waals surface area contributed by atoms with Gasteiger partial charge in [-0.15, -0.1) is 5.10 Å². The van der Waals surface area contributed by atoms with E-state index in [1.54, 1.807) is 19.0 Å². The molecule has 94 valence electrons. The van der Waals surface area contributed by atoms with Crippen LogP contribution in [0.4, 0.5) is 11.5 Å². The number of aryl methyl sites for hydroxylation is 1. The maximum Gasteiger partial charge on any atom is 0.330 e. The highest BCUT2D eigenvalue weighted by molar-refractivity contribution is 5.66. The Morgan fingerprint density at radius 1 is 1.71 bits per heavy atom. The first-order valence-corrected chi connectivity index (χ1v) is 5.02. The first kappa shape index (κ1) is 12.9. The summed E-state index contributed by atoms with van der Waals surface area (Å²) in [5.74, 6) is -0.628. The molecule has 0 spiro atoms. The highest BCUT2D eigenvalue weighted by Crippen LogP contribution is 2.24. The molecular weight excluding hydrogens is 228 g/mol. The Morgan fingerprint density at radius 2 is 2.35 bits per heavy atom. The van der Waals surface area contributed by atoms with Gasteiger partial charge in [0, 0.05) is 27.1 Å². The normalized spacial score (nSPS) is 10.2. The second-order valence-corrected chi connectivity index (χ2v) is 3.69. The Hall–Kier alpha value is -2.12. The molecule has 8 nitrogen and oxygen atoms in total. The number of nitrogens with zero attached hydrogens (tertiary/aromatic N) is 4. The summed E-state index contributed by atoms with van der Waals surface area (Å²) in [6.07, 6.45) is 1.77. The monoisotopic (exact) mass is 242 g/mol. The van der Waals surface area contributed by atoms with Gasteiger partial charge in [-0.05, 0) is 6.42 Å².